The van der Waals surface area contributed by atoms with Crippen molar-refractivity contribution in [2.75, 3.05) is 39.8 Å². The summed E-state index contributed by atoms with van der Waals surface area (Å²) >= 11 is 0. The van der Waals surface area contributed by atoms with E-state index in [1.165, 1.54) is 6.92 Å². The monoisotopic (exact) mass is 632 g/mol. The van der Waals surface area contributed by atoms with Crippen molar-refractivity contribution < 1.29 is 44.2 Å². The molecule has 0 aromatic rings. The summed E-state index contributed by atoms with van der Waals surface area (Å²) in [7, 11) is 1.58. The number of likely N-dealkylation sites (N-methyl/N-ethyl adjacent to an activating group) is 1. The van der Waals surface area contributed by atoms with Crippen molar-refractivity contribution in [2.45, 2.75) is 111 Å². The van der Waals surface area contributed by atoms with E-state index in [1.54, 1.807) is 7.05 Å². The molecule has 14 atom stereocenters. The minimum Gasteiger partial charge on any atom is -0.467 e. The molecule has 3 aliphatic heterocycles. The standard InChI is InChI=1S/C27H52N8O9/c1-27(40)11-41-26(20(38)23(27)32-2)44-22-17(35-24(39)18(36)7-28)6-16(31)21(19(22)37)43-25-15(30)4-3-14(42-25)10-33-9-13-5-12(29)8-34-13/h3,12-13,15-23,25-26,32-34,36-38,40H,4-11,28-31H2,1-2H3,(H,35,39)/t12-,13-,15+,16-,17+,18-,19-,20+,21+,22-,23+,25+,26+,27-/m0/s1. The lowest BCUT2D eigenvalue weighted by Gasteiger charge is -2.48. The molecule has 0 unspecified atom stereocenters. The molecule has 0 radical (unpaired) electrons. The number of amides is 1. The number of carbonyl (C=O) groups is 1. The maximum atomic E-state index is 12.6. The Bertz CT molecular complexity index is 980. The molecule has 254 valence electrons. The fourth-order valence-corrected chi connectivity index (χ4v) is 6.28. The van der Waals surface area contributed by atoms with Gasteiger partial charge in [-0.05, 0) is 39.3 Å². The Labute approximate surface area is 257 Å². The first kappa shape index (κ1) is 35.3. The Balaban J connectivity index is 1.44. The molecule has 0 spiro atoms. The second-order valence-corrected chi connectivity index (χ2v) is 12.5. The van der Waals surface area contributed by atoms with E-state index in [9.17, 15) is 25.2 Å². The average Bonchev–Trinajstić information content (AvgIpc) is 3.39. The van der Waals surface area contributed by atoms with Crippen LogP contribution in [0.1, 0.15) is 26.2 Å². The fraction of sp³-hybridized carbons (Fsp3) is 0.889. The number of aliphatic hydroxyl groups excluding tert-OH is 3. The number of carbonyl (C=O) groups excluding carboxylic acids is 1. The fourth-order valence-electron chi connectivity index (χ4n) is 6.28. The summed E-state index contributed by atoms with van der Waals surface area (Å²) < 4.78 is 24.0. The minimum absolute atomic E-state index is 0.0636. The topological polar surface area (TPSA) is 287 Å². The van der Waals surface area contributed by atoms with Crippen LogP contribution in [0.2, 0.25) is 0 Å². The van der Waals surface area contributed by atoms with Gasteiger partial charge in [-0.15, -0.1) is 0 Å². The Morgan fingerprint density at radius 3 is 2.55 bits per heavy atom. The summed E-state index contributed by atoms with van der Waals surface area (Å²) in [6, 6.07) is -2.68. The molecule has 1 saturated carbocycles. The second-order valence-electron chi connectivity index (χ2n) is 12.5. The lowest BCUT2D eigenvalue weighted by molar-refractivity contribution is -0.304. The van der Waals surface area contributed by atoms with Gasteiger partial charge in [-0.2, -0.15) is 0 Å². The van der Waals surface area contributed by atoms with E-state index >= 15 is 0 Å². The normalized spacial score (nSPS) is 43.6. The van der Waals surface area contributed by atoms with Gasteiger partial charge < -0.3 is 83.6 Å². The number of nitrogens with two attached hydrogens (primary N) is 4. The van der Waals surface area contributed by atoms with Crippen molar-refractivity contribution in [2.24, 2.45) is 22.9 Å². The van der Waals surface area contributed by atoms with Crippen LogP contribution >= 0.6 is 0 Å². The van der Waals surface area contributed by atoms with Crippen LogP contribution in [0.25, 0.3) is 0 Å². The second kappa shape index (κ2) is 15.4. The highest BCUT2D eigenvalue weighted by atomic mass is 16.7. The summed E-state index contributed by atoms with van der Waals surface area (Å²) in [5.41, 5.74) is 22.8. The van der Waals surface area contributed by atoms with Crippen molar-refractivity contribution in [1.82, 2.24) is 21.3 Å². The maximum Gasteiger partial charge on any atom is 0.250 e. The summed E-state index contributed by atoms with van der Waals surface area (Å²) in [6.45, 7) is 2.95. The van der Waals surface area contributed by atoms with Crippen molar-refractivity contribution in [3.05, 3.63) is 11.8 Å². The molecule has 2 saturated heterocycles. The van der Waals surface area contributed by atoms with Crippen LogP contribution in [0.4, 0.5) is 0 Å². The van der Waals surface area contributed by atoms with E-state index in [-0.39, 0.29) is 31.7 Å². The molecule has 3 heterocycles. The minimum atomic E-state index is -1.49. The number of rotatable bonds is 12. The number of nitrogens with one attached hydrogen (secondary N) is 4. The highest BCUT2D eigenvalue weighted by Gasteiger charge is 2.52. The van der Waals surface area contributed by atoms with Crippen LogP contribution in [0.5, 0.6) is 0 Å². The third kappa shape index (κ3) is 8.42. The molecular weight excluding hydrogens is 580 g/mol. The van der Waals surface area contributed by atoms with Crippen LogP contribution in [0.3, 0.4) is 0 Å². The summed E-state index contributed by atoms with van der Waals surface area (Å²) in [5, 5.41) is 55.4. The van der Waals surface area contributed by atoms with Gasteiger partial charge >= 0.3 is 0 Å². The first-order valence-corrected chi connectivity index (χ1v) is 15.3. The molecule has 0 aromatic carbocycles. The van der Waals surface area contributed by atoms with Gasteiger partial charge in [0.2, 0.25) is 12.2 Å². The van der Waals surface area contributed by atoms with E-state index in [0.29, 0.717) is 25.3 Å². The highest BCUT2D eigenvalue weighted by Crippen LogP contribution is 2.32. The Morgan fingerprint density at radius 1 is 1.16 bits per heavy atom. The third-order valence-electron chi connectivity index (χ3n) is 8.78. The van der Waals surface area contributed by atoms with Gasteiger partial charge in [0.05, 0.1) is 31.3 Å². The molecule has 0 bridgehead atoms. The number of hydrogen-bond donors (Lipinski definition) is 12. The molecule has 1 aliphatic carbocycles. The molecule has 44 heavy (non-hydrogen) atoms. The molecule has 1 amide bonds. The van der Waals surface area contributed by atoms with E-state index < -0.39 is 78.8 Å². The van der Waals surface area contributed by atoms with Crippen LogP contribution in [-0.2, 0) is 23.7 Å². The van der Waals surface area contributed by atoms with Gasteiger partial charge in [0.1, 0.15) is 41.9 Å². The van der Waals surface area contributed by atoms with Gasteiger partial charge in [0.15, 0.2) is 6.29 Å². The lowest BCUT2D eigenvalue weighted by Crippen LogP contribution is -2.69. The quantitative estimate of drug-likeness (QED) is 0.0953. The van der Waals surface area contributed by atoms with Crippen LogP contribution < -0.4 is 44.2 Å². The number of aliphatic hydroxyl groups is 4. The Kier molecular flexibility index (Phi) is 12.3. The lowest BCUT2D eigenvalue weighted by atomic mass is 9.83. The molecular formula is C27H52N8O9. The Morgan fingerprint density at radius 2 is 1.89 bits per heavy atom. The zero-order chi connectivity index (χ0) is 32.2. The van der Waals surface area contributed by atoms with Crippen LogP contribution in [-0.4, -0.2) is 151 Å². The summed E-state index contributed by atoms with van der Waals surface area (Å²) in [4.78, 5) is 12.6. The van der Waals surface area contributed by atoms with Gasteiger partial charge in [0, 0.05) is 37.8 Å². The van der Waals surface area contributed by atoms with E-state index in [1.807, 2.05) is 6.08 Å². The first-order chi connectivity index (χ1) is 20.8. The van der Waals surface area contributed by atoms with Crippen molar-refractivity contribution in [1.29, 1.82) is 0 Å². The average molecular weight is 633 g/mol. The smallest absolute Gasteiger partial charge is 0.250 e. The van der Waals surface area contributed by atoms with E-state index in [0.717, 1.165) is 13.0 Å². The van der Waals surface area contributed by atoms with Crippen LogP contribution in [0, 0.1) is 0 Å². The maximum absolute atomic E-state index is 12.6. The predicted molar refractivity (Wildman–Crippen MR) is 157 cm³/mol. The molecule has 4 aliphatic rings. The highest BCUT2D eigenvalue weighted by molar-refractivity contribution is 5.81. The van der Waals surface area contributed by atoms with E-state index in [4.69, 9.17) is 41.9 Å². The molecule has 17 heteroatoms. The van der Waals surface area contributed by atoms with Gasteiger partial charge in [-0.1, -0.05) is 0 Å². The number of hydrogen-bond acceptors (Lipinski definition) is 16. The molecule has 17 nitrogen and oxygen atoms in total. The molecule has 16 N–H and O–H groups in total. The number of ether oxygens (including phenoxy) is 4. The van der Waals surface area contributed by atoms with Crippen LogP contribution in [0.15, 0.2) is 11.8 Å². The Hall–Kier alpha value is -1.55. The van der Waals surface area contributed by atoms with Crippen molar-refractivity contribution >= 4 is 5.91 Å². The zero-order valence-corrected chi connectivity index (χ0v) is 25.4. The molecule has 3 fully saturated rings. The van der Waals surface area contributed by atoms with Gasteiger partial charge in [-0.3, -0.25) is 4.79 Å². The summed E-state index contributed by atoms with van der Waals surface area (Å²) in [6.07, 6.45) is -5.48. The predicted octanol–water partition coefficient (Wildman–Crippen LogP) is -6.05. The summed E-state index contributed by atoms with van der Waals surface area (Å²) in [5.74, 6) is -0.142. The first-order valence-electron chi connectivity index (χ1n) is 15.3. The molecule has 4 rings (SSSR count). The molecule has 0 aromatic heterocycles. The third-order valence-corrected chi connectivity index (χ3v) is 8.78. The van der Waals surface area contributed by atoms with Gasteiger partial charge in [-0.25, -0.2) is 0 Å². The van der Waals surface area contributed by atoms with Crippen molar-refractivity contribution in [3.63, 3.8) is 0 Å². The SMILES string of the molecule is CN[C@@H]1[C@@H](O)[C@@H](O[C@@H]2[C@@H](O)[C@H](O[C@H]3OC(CNC[C@@H]4C[C@H](N)CN4)=CC[C@H]3N)[C@@H](N)C[C@H]2NC(=O)[C@@H](O)CN)OC[C@]1(C)O. The van der Waals surface area contributed by atoms with Crippen molar-refractivity contribution in [3.8, 4) is 0 Å². The largest absolute Gasteiger partial charge is 0.467 e. The van der Waals surface area contributed by atoms with Gasteiger partial charge in [0.25, 0.3) is 0 Å². The van der Waals surface area contributed by atoms with E-state index in [2.05, 4.69) is 21.3 Å². The zero-order valence-electron chi connectivity index (χ0n) is 25.4.